The summed E-state index contributed by atoms with van der Waals surface area (Å²) in [4.78, 5) is 9.28. The van der Waals surface area contributed by atoms with Crippen molar-refractivity contribution < 1.29 is 0 Å². The summed E-state index contributed by atoms with van der Waals surface area (Å²) in [5.41, 5.74) is 10.1. The van der Waals surface area contributed by atoms with E-state index in [0.717, 1.165) is 27.6 Å². The minimum absolute atomic E-state index is 0.437. The minimum atomic E-state index is 0.437. The number of rotatable bonds is 3. The second kappa shape index (κ2) is 6.37. The topological polar surface area (TPSA) is 56.7 Å². The van der Waals surface area contributed by atoms with Crippen LogP contribution in [-0.2, 0) is 0 Å². The number of anilines is 1. The van der Waals surface area contributed by atoms with Crippen molar-refractivity contribution in [1.82, 2.24) is 14.5 Å². The zero-order valence-corrected chi connectivity index (χ0v) is 15.2. The van der Waals surface area contributed by atoms with Crippen LogP contribution in [0.3, 0.4) is 0 Å². The van der Waals surface area contributed by atoms with Gasteiger partial charge in [0.15, 0.2) is 5.13 Å². The quantitative estimate of drug-likeness (QED) is 0.464. The van der Waals surface area contributed by atoms with Gasteiger partial charge < -0.3 is 5.73 Å². The van der Waals surface area contributed by atoms with Gasteiger partial charge >= 0.3 is 0 Å². The summed E-state index contributed by atoms with van der Waals surface area (Å²) in [5.74, 6) is 0.437. The zero-order valence-electron chi connectivity index (χ0n) is 14.4. The standard InChI is InChI=1S/C22H16N4S/c23-21-24-19(18-11-10-15-6-4-5-9-17(15)12-18)13-26(21)22-25-20(14-27-22)16-7-2-1-3-8-16/h1-14H,(H2,23,24). The molecule has 2 N–H and O–H groups in total. The van der Waals surface area contributed by atoms with Gasteiger partial charge in [-0.2, -0.15) is 0 Å². The van der Waals surface area contributed by atoms with Crippen molar-refractivity contribution in [3.05, 3.63) is 84.4 Å². The van der Waals surface area contributed by atoms with Crippen LogP contribution in [0.2, 0.25) is 0 Å². The minimum Gasteiger partial charge on any atom is -0.369 e. The van der Waals surface area contributed by atoms with Gasteiger partial charge in [0, 0.05) is 22.7 Å². The van der Waals surface area contributed by atoms with E-state index < -0.39 is 0 Å². The number of hydrogen-bond acceptors (Lipinski definition) is 4. The molecule has 0 saturated heterocycles. The molecule has 2 aromatic heterocycles. The van der Waals surface area contributed by atoms with Gasteiger partial charge in [0.25, 0.3) is 0 Å². The maximum absolute atomic E-state index is 6.19. The number of fused-ring (bicyclic) bond motifs is 1. The number of thiazole rings is 1. The Labute approximate surface area is 160 Å². The molecule has 0 saturated carbocycles. The molecule has 0 aliphatic heterocycles. The molecule has 5 aromatic rings. The van der Waals surface area contributed by atoms with Crippen molar-refractivity contribution >= 4 is 28.1 Å². The number of benzene rings is 3. The summed E-state index contributed by atoms with van der Waals surface area (Å²) in [7, 11) is 0. The van der Waals surface area contributed by atoms with Crippen LogP contribution in [0, 0.1) is 0 Å². The molecule has 0 atom stereocenters. The maximum atomic E-state index is 6.19. The van der Waals surface area contributed by atoms with Gasteiger partial charge in [-0.3, -0.25) is 4.57 Å². The Morgan fingerprint density at radius 3 is 2.37 bits per heavy atom. The molecule has 5 rings (SSSR count). The molecule has 4 nitrogen and oxygen atoms in total. The molecule has 27 heavy (non-hydrogen) atoms. The van der Waals surface area contributed by atoms with Crippen molar-refractivity contribution in [2.75, 3.05) is 5.73 Å². The Balaban J connectivity index is 1.53. The first-order chi connectivity index (χ1) is 13.3. The van der Waals surface area contributed by atoms with Gasteiger partial charge in [-0.25, -0.2) is 9.97 Å². The first-order valence-electron chi connectivity index (χ1n) is 8.63. The molecule has 0 aliphatic carbocycles. The summed E-state index contributed by atoms with van der Waals surface area (Å²) < 4.78 is 1.85. The van der Waals surface area contributed by atoms with Crippen molar-refractivity contribution in [3.63, 3.8) is 0 Å². The first kappa shape index (κ1) is 15.8. The Morgan fingerprint density at radius 1 is 0.741 bits per heavy atom. The van der Waals surface area contributed by atoms with Crippen molar-refractivity contribution in [3.8, 4) is 27.6 Å². The summed E-state index contributed by atoms with van der Waals surface area (Å²) in [6.07, 6.45) is 1.95. The smallest absolute Gasteiger partial charge is 0.207 e. The molecule has 0 amide bonds. The number of imidazole rings is 1. The highest BCUT2D eigenvalue weighted by Gasteiger charge is 2.13. The lowest BCUT2D eigenvalue weighted by Crippen LogP contribution is -1.98. The Kier molecular flexibility index (Phi) is 3.73. The van der Waals surface area contributed by atoms with Crippen molar-refractivity contribution in [2.45, 2.75) is 0 Å². The number of nitrogen functional groups attached to an aromatic ring is 1. The highest BCUT2D eigenvalue weighted by molar-refractivity contribution is 7.12. The molecule has 0 fully saturated rings. The second-order valence-corrected chi connectivity index (χ2v) is 7.13. The lowest BCUT2D eigenvalue weighted by Gasteiger charge is -2.00. The number of nitrogens with zero attached hydrogens (tertiary/aromatic N) is 3. The monoisotopic (exact) mass is 368 g/mol. The normalized spacial score (nSPS) is 11.1. The zero-order chi connectivity index (χ0) is 18.2. The van der Waals surface area contributed by atoms with Gasteiger partial charge in [-0.1, -0.05) is 66.7 Å². The van der Waals surface area contributed by atoms with E-state index in [9.17, 15) is 0 Å². The molecular weight excluding hydrogens is 352 g/mol. The lowest BCUT2D eigenvalue weighted by molar-refractivity contribution is 1.05. The summed E-state index contributed by atoms with van der Waals surface area (Å²) in [6.45, 7) is 0. The molecule has 2 heterocycles. The number of hydrogen-bond donors (Lipinski definition) is 1. The fourth-order valence-corrected chi connectivity index (χ4v) is 3.97. The van der Waals surface area contributed by atoms with Crippen LogP contribution in [0.4, 0.5) is 5.95 Å². The Bertz CT molecular complexity index is 1240. The molecule has 0 unspecified atom stereocenters. The predicted octanol–water partition coefficient (Wildman–Crippen LogP) is 5.40. The average Bonchev–Trinajstić information content (AvgIpc) is 3.35. The fraction of sp³-hybridized carbons (Fsp3) is 0. The highest BCUT2D eigenvalue weighted by Crippen LogP contribution is 2.29. The Morgan fingerprint density at radius 2 is 1.52 bits per heavy atom. The summed E-state index contributed by atoms with van der Waals surface area (Å²) >= 11 is 1.55. The predicted molar refractivity (Wildman–Crippen MR) is 112 cm³/mol. The second-order valence-electron chi connectivity index (χ2n) is 6.30. The van der Waals surface area contributed by atoms with Crippen LogP contribution in [0.1, 0.15) is 0 Å². The van der Waals surface area contributed by atoms with E-state index in [-0.39, 0.29) is 0 Å². The van der Waals surface area contributed by atoms with Crippen LogP contribution in [-0.4, -0.2) is 14.5 Å². The van der Waals surface area contributed by atoms with E-state index in [1.165, 1.54) is 10.8 Å². The highest BCUT2D eigenvalue weighted by atomic mass is 32.1. The largest absolute Gasteiger partial charge is 0.369 e. The van der Waals surface area contributed by atoms with Gasteiger partial charge in [0.1, 0.15) is 0 Å². The molecule has 0 aliphatic rings. The van der Waals surface area contributed by atoms with Crippen molar-refractivity contribution in [2.24, 2.45) is 0 Å². The van der Waals surface area contributed by atoms with Gasteiger partial charge in [0.2, 0.25) is 5.95 Å². The van der Waals surface area contributed by atoms with Crippen molar-refractivity contribution in [1.29, 1.82) is 0 Å². The number of aromatic nitrogens is 3. The summed E-state index contributed by atoms with van der Waals surface area (Å²) in [6, 6.07) is 24.7. The van der Waals surface area contributed by atoms with E-state index in [4.69, 9.17) is 10.7 Å². The van der Waals surface area contributed by atoms with Gasteiger partial charge in [-0.05, 0) is 16.8 Å². The molecule has 0 bridgehead atoms. The average molecular weight is 368 g/mol. The maximum Gasteiger partial charge on any atom is 0.207 e. The van der Waals surface area contributed by atoms with Crippen LogP contribution in [0.15, 0.2) is 84.4 Å². The third-order valence-corrected chi connectivity index (χ3v) is 5.39. The van der Waals surface area contributed by atoms with Gasteiger partial charge in [-0.15, -0.1) is 11.3 Å². The molecule has 5 heteroatoms. The SMILES string of the molecule is Nc1nc(-c2ccc3ccccc3c2)cn1-c1nc(-c2ccccc2)cs1. The van der Waals surface area contributed by atoms with Crippen LogP contribution in [0.5, 0.6) is 0 Å². The Hall–Kier alpha value is -3.44. The molecule has 0 spiro atoms. The van der Waals surface area contributed by atoms with E-state index in [2.05, 4.69) is 47.4 Å². The third-order valence-electron chi connectivity index (χ3n) is 4.55. The lowest BCUT2D eigenvalue weighted by atomic mass is 10.1. The van der Waals surface area contributed by atoms with Gasteiger partial charge in [0.05, 0.1) is 11.4 Å². The van der Waals surface area contributed by atoms with E-state index in [1.807, 2.05) is 46.5 Å². The third kappa shape index (κ3) is 2.88. The molecule has 130 valence electrons. The molecule has 0 radical (unpaired) electrons. The van der Waals surface area contributed by atoms with E-state index in [0.29, 0.717) is 5.95 Å². The fourth-order valence-electron chi connectivity index (χ4n) is 3.15. The summed E-state index contributed by atoms with van der Waals surface area (Å²) in [5, 5.41) is 5.25. The molecular formula is C22H16N4S. The van der Waals surface area contributed by atoms with Crippen LogP contribution < -0.4 is 5.73 Å². The number of nitrogens with two attached hydrogens (primary N) is 1. The van der Waals surface area contributed by atoms with Crippen LogP contribution >= 0.6 is 11.3 Å². The van der Waals surface area contributed by atoms with E-state index >= 15 is 0 Å². The van der Waals surface area contributed by atoms with Crippen LogP contribution in [0.25, 0.3) is 38.4 Å². The first-order valence-corrected chi connectivity index (χ1v) is 9.51. The molecule has 3 aromatic carbocycles. The van der Waals surface area contributed by atoms with E-state index in [1.54, 1.807) is 11.3 Å².